The maximum Gasteiger partial charge on any atom is 0.0592 e. The molecule has 1 nitrogen and oxygen atoms in total. The smallest absolute Gasteiger partial charge is 0.0592 e. The molecule has 0 bridgehead atoms. The first-order chi connectivity index (χ1) is 5.68. The molecule has 1 aromatic heterocycles. The van der Waals surface area contributed by atoms with Crippen molar-refractivity contribution in [1.82, 2.24) is 3.97 Å². The van der Waals surface area contributed by atoms with E-state index < -0.39 is 0 Å². The van der Waals surface area contributed by atoms with Crippen molar-refractivity contribution in [2.75, 3.05) is 0 Å². The fourth-order valence-electron chi connectivity index (χ4n) is 1.46. The number of nitrogens with zero attached hydrogens (tertiary/aromatic N) is 1. The summed E-state index contributed by atoms with van der Waals surface area (Å²) in [7, 11) is 0. The third-order valence-corrected chi connectivity index (χ3v) is 2.64. The average Bonchev–Trinajstić information content (AvgIpc) is 2.28. The summed E-state index contributed by atoms with van der Waals surface area (Å²) >= 11 is 4.37. The van der Waals surface area contributed by atoms with Crippen molar-refractivity contribution in [1.29, 1.82) is 0 Å². The Labute approximate surface area is 77.6 Å². The summed E-state index contributed by atoms with van der Waals surface area (Å²) in [5.41, 5.74) is 3.65. The molecular weight excluding hydrogens is 166 g/mol. The Morgan fingerprint density at radius 2 is 1.92 bits per heavy atom. The van der Waals surface area contributed by atoms with Crippen LogP contribution < -0.4 is 0 Å². The topological polar surface area (TPSA) is 4.93 Å². The monoisotopic (exact) mass is 177 g/mol. The Kier molecular flexibility index (Phi) is 1.65. The Morgan fingerprint density at radius 3 is 2.67 bits per heavy atom. The lowest BCUT2D eigenvalue weighted by Gasteiger charge is -1.96. The third kappa shape index (κ3) is 1.03. The highest BCUT2D eigenvalue weighted by molar-refractivity contribution is 7.78. The van der Waals surface area contributed by atoms with Gasteiger partial charge in [-0.05, 0) is 32.0 Å². The van der Waals surface area contributed by atoms with Crippen LogP contribution in [0.25, 0.3) is 10.9 Å². The molecule has 0 aliphatic carbocycles. The molecule has 0 amide bonds. The second kappa shape index (κ2) is 2.56. The van der Waals surface area contributed by atoms with E-state index in [1.807, 2.05) is 3.97 Å². The highest BCUT2D eigenvalue weighted by atomic mass is 32.1. The summed E-state index contributed by atoms with van der Waals surface area (Å²) in [5, 5.41) is 1.27. The molecular formula is C10H11NS. The molecule has 0 radical (unpaired) electrons. The van der Waals surface area contributed by atoms with E-state index in [0.29, 0.717) is 0 Å². The number of aromatic nitrogens is 1. The molecule has 1 heterocycles. The minimum Gasteiger partial charge on any atom is -0.291 e. The number of rotatable bonds is 0. The van der Waals surface area contributed by atoms with Gasteiger partial charge in [-0.2, -0.15) is 0 Å². The van der Waals surface area contributed by atoms with E-state index in [1.165, 1.54) is 22.2 Å². The molecule has 12 heavy (non-hydrogen) atoms. The number of hydrogen-bond donors (Lipinski definition) is 1. The normalized spacial score (nSPS) is 10.9. The fourth-order valence-corrected chi connectivity index (χ4v) is 1.70. The Morgan fingerprint density at radius 1 is 1.17 bits per heavy atom. The lowest BCUT2D eigenvalue weighted by Crippen LogP contribution is -1.81. The van der Waals surface area contributed by atoms with E-state index in [9.17, 15) is 0 Å². The van der Waals surface area contributed by atoms with Crippen molar-refractivity contribution in [2.24, 2.45) is 0 Å². The molecule has 0 fully saturated rings. The summed E-state index contributed by atoms with van der Waals surface area (Å²) in [6.07, 6.45) is 0. The van der Waals surface area contributed by atoms with Crippen LogP contribution in [0.15, 0.2) is 24.3 Å². The van der Waals surface area contributed by atoms with Crippen molar-refractivity contribution in [3.05, 3.63) is 35.5 Å². The minimum atomic E-state index is 1.18. The third-order valence-electron chi connectivity index (χ3n) is 2.11. The first kappa shape index (κ1) is 7.74. The maximum atomic E-state index is 4.37. The van der Waals surface area contributed by atoms with Gasteiger partial charge >= 0.3 is 0 Å². The van der Waals surface area contributed by atoms with Gasteiger partial charge in [0.15, 0.2) is 0 Å². The first-order valence-corrected chi connectivity index (χ1v) is 4.36. The Bertz CT molecular complexity index is 429. The van der Waals surface area contributed by atoms with Crippen molar-refractivity contribution in [3.8, 4) is 0 Å². The zero-order valence-corrected chi connectivity index (χ0v) is 8.10. The minimum absolute atomic E-state index is 1.18. The van der Waals surface area contributed by atoms with Crippen LogP contribution in [0, 0.1) is 13.8 Å². The molecule has 2 aromatic rings. The molecule has 0 spiro atoms. The van der Waals surface area contributed by atoms with Gasteiger partial charge in [0.05, 0.1) is 5.52 Å². The molecule has 62 valence electrons. The van der Waals surface area contributed by atoms with E-state index in [1.54, 1.807) is 0 Å². The zero-order valence-electron chi connectivity index (χ0n) is 7.20. The van der Waals surface area contributed by atoms with Gasteiger partial charge in [0, 0.05) is 11.1 Å². The van der Waals surface area contributed by atoms with Crippen molar-refractivity contribution >= 4 is 23.7 Å². The quantitative estimate of drug-likeness (QED) is 0.590. The number of fused-ring (bicyclic) bond motifs is 1. The van der Waals surface area contributed by atoms with Crippen LogP contribution in [0.2, 0.25) is 0 Å². The van der Waals surface area contributed by atoms with Crippen molar-refractivity contribution in [3.63, 3.8) is 0 Å². The van der Waals surface area contributed by atoms with Gasteiger partial charge < -0.3 is 0 Å². The molecule has 2 rings (SSSR count). The number of aryl methyl sites for hydroxylation is 2. The lowest BCUT2D eigenvalue weighted by molar-refractivity contribution is 1.23. The predicted molar refractivity (Wildman–Crippen MR) is 55.8 cm³/mol. The predicted octanol–water partition coefficient (Wildman–Crippen LogP) is 2.95. The van der Waals surface area contributed by atoms with Gasteiger partial charge in [0.25, 0.3) is 0 Å². The lowest BCUT2D eigenvalue weighted by atomic mass is 10.2. The summed E-state index contributed by atoms with van der Waals surface area (Å²) in [6.45, 7) is 4.16. The number of benzene rings is 1. The van der Waals surface area contributed by atoms with Crippen LogP contribution in [0.5, 0.6) is 0 Å². The number of thiol groups is 1. The standard InChI is InChI=1S/C10H11NS/c1-7-3-4-10-9(5-7)6-8(2)11(10)12/h3-6,12H,1-2H3. The van der Waals surface area contributed by atoms with Gasteiger partial charge in [-0.25, -0.2) is 0 Å². The second-order valence-corrected chi connectivity index (χ2v) is 3.56. The van der Waals surface area contributed by atoms with Crippen LogP contribution in [0.1, 0.15) is 11.3 Å². The summed E-state index contributed by atoms with van der Waals surface area (Å²) in [6, 6.07) is 8.53. The van der Waals surface area contributed by atoms with Crippen LogP contribution >= 0.6 is 12.8 Å². The van der Waals surface area contributed by atoms with E-state index in [2.05, 4.69) is 50.9 Å². The van der Waals surface area contributed by atoms with E-state index in [-0.39, 0.29) is 0 Å². The van der Waals surface area contributed by atoms with Gasteiger partial charge in [0.2, 0.25) is 0 Å². The fraction of sp³-hybridized carbons (Fsp3) is 0.200. The van der Waals surface area contributed by atoms with Crippen LogP contribution in [0.4, 0.5) is 0 Å². The van der Waals surface area contributed by atoms with Crippen molar-refractivity contribution in [2.45, 2.75) is 13.8 Å². The van der Waals surface area contributed by atoms with Crippen LogP contribution in [-0.2, 0) is 0 Å². The van der Waals surface area contributed by atoms with Crippen LogP contribution in [0.3, 0.4) is 0 Å². The van der Waals surface area contributed by atoms with Gasteiger partial charge in [0.1, 0.15) is 0 Å². The van der Waals surface area contributed by atoms with E-state index >= 15 is 0 Å². The molecule has 0 N–H and O–H groups in total. The van der Waals surface area contributed by atoms with E-state index in [0.717, 1.165) is 0 Å². The molecule has 1 aromatic carbocycles. The molecule has 0 unspecified atom stereocenters. The average molecular weight is 177 g/mol. The number of hydrogen-bond acceptors (Lipinski definition) is 1. The maximum absolute atomic E-state index is 4.37. The zero-order chi connectivity index (χ0) is 8.72. The highest BCUT2D eigenvalue weighted by Gasteiger charge is 2.01. The summed E-state index contributed by atoms with van der Waals surface area (Å²) in [4.78, 5) is 0. The SMILES string of the molecule is Cc1ccc2c(c1)cc(C)n2S. The largest absolute Gasteiger partial charge is 0.291 e. The van der Waals surface area contributed by atoms with Crippen molar-refractivity contribution < 1.29 is 0 Å². The Balaban J connectivity index is 2.87. The molecule has 2 heteroatoms. The molecule has 0 atom stereocenters. The van der Waals surface area contributed by atoms with Gasteiger partial charge in [-0.1, -0.05) is 24.4 Å². The van der Waals surface area contributed by atoms with E-state index in [4.69, 9.17) is 0 Å². The highest BCUT2D eigenvalue weighted by Crippen LogP contribution is 2.21. The molecule has 0 saturated heterocycles. The Hall–Kier alpha value is -0.890. The summed E-state index contributed by atoms with van der Waals surface area (Å²) < 4.78 is 1.91. The van der Waals surface area contributed by atoms with Crippen LogP contribution in [-0.4, -0.2) is 3.97 Å². The molecule has 0 saturated carbocycles. The van der Waals surface area contributed by atoms with Gasteiger partial charge in [-0.15, -0.1) is 0 Å². The second-order valence-electron chi connectivity index (χ2n) is 3.16. The molecule has 0 aliphatic heterocycles. The molecule has 0 aliphatic rings. The first-order valence-electron chi connectivity index (χ1n) is 3.96. The summed E-state index contributed by atoms with van der Waals surface area (Å²) in [5.74, 6) is 0. The van der Waals surface area contributed by atoms with Gasteiger partial charge in [-0.3, -0.25) is 3.97 Å².